The molecule has 0 aliphatic heterocycles. The summed E-state index contributed by atoms with van der Waals surface area (Å²) in [5.41, 5.74) is 2.71. The maximum atomic E-state index is 12.5. The van der Waals surface area contributed by atoms with E-state index in [4.69, 9.17) is 4.74 Å². The van der Waals surface area contributed by atoms with Crippen LogP contribution in [0.15, 0.2) is 42.9 Å². The van der Waals surface area contributed by atoms with Gasteiger partial charge in [-0.15, -0.1) is 0 Å². The van der Waals surface area contributed by atoms with Gasteiger partial charge in [-0.05, 0) is 38.0 Å². The fraction of sp³-hybridized carbons (Fsp3) is 0.278. The molecule has 2 aromatic heterocycles. The molecular weight excluding hydrogens is 304 g/mol. The maximum Gasteiger partial charge on any atom is 0.257 e. The highest BCUT2D eigenvalue weighted by atomic mass is 16.5. The zero-order chi connectivity index (χ0) is 16.5. The molecule has 0 unspecified atom stereocenters. The number of aromatic nitrogens is 3. The molecule has 1 amide bonds. The van der Waals surface area contributed by atoms with Crippen molar-refractivity contribution in [2.45, 2.75) is 25.8 Å². The van der Waals surface area contributed by atoms with E-state index in [1.807, 2.05) is 31.2 Å². The van der Waals surface area contributed by atoms with Crippen molar-refractivity contribution in [3.63, 3.8) is 0 Å². The number of hydrogen-bond donors (Lipinski definition) is 1. The zero-order valence-electron chi connectivity index (χ0n) is 13.4. The van der Waals surface area contributed by atoms with Crippen molar-refractivity contribution in [1.29, 1.82) is 0 Å². The van der Waals surface area contributed by atoms with Crippen LogP contribution in [0.25, 0.3) is 11.2 Å². The van der Waals surface area contributed by atoms with Gasteiger partial charge in [0.2, 0.25) is 0 Å². The normalized spacial score (nSPS) is 13.9. The molecule has 122 valence electrons. The number of carbonyl (C=O) groups excluding carboxylic acids is 1. The van der Waals surface area contributed by atoms with Crippen molar-refractivity contribution in [3.8, 4) is 5.75 Å². The van der Waals surface area contributed by atoms with Crippen molar-refractivity contribution in [3.05, 3.63) is 48.4 Å². The van der Waals surface area contributed by atoms with Crippen molar-refractivity contribution < 1.29 is 9.53 Å². The van der Waals surface area contributed by atoms with Crippen LogP contribution in [0.4, 0.5) is 5.69 Å². The van der Waals surface area contributed by atoms with Crippen LogP contribution in [0.5, 0.6) is 5.75 Å². The molecule has 2 heterocycles. The van der Waals surface area contributed by atoms with E-state index in [9.17, 15) is 4.79 Å². The van der Waals surface area contributed by atoms with Gasteiger partial charge in [0.05, 0.1) is 24.2 Å². The van der Waals surface area contributed by atoms with Gasteiger partial charge >= 0.3 is 0 Å². The summed E-state index contributed by atoms with van der Waals surface area (Å²) >= 11 is 0. The predicted octanol–water partition coefficient (Wildman–Crippen LogP) is 3.42. The fourth-order valence-corrected chi connectivity index (χ4v) is 2.71. The molecule has 1 aliphatic carbocycles. The summed E-state index contributed by atoms with van der Waals surface area (Å²) in [4.78, 5) is 21.3. The van der Waals surface area contributed by atoms with Gasteiger partial charge in [-0.1, -0.05) is 12.1 Å². The third-order valence-electron chi connectivity index (χ3n) is 4.05. The Balaban J connectivity index is 1.59. The predicted molar refractivity (Wildman–Crippen MR) is 91.4 cm³/mol. The van der Waals surface area contributed by atoms with Crippen molar-refractivity contribution in [1.82, 2.24) is 14.5 Å². The summed E-state index contributed by atoms with van der Waals surface area (Å²) < 4.78 is 7.62. The monoisotopic (exact) mass is 322 g/mol. The second kappa shape index (κ2) is 5.96. The van der Waals surface area contributed by atoms with Crippen LogP contribution in [-0.4, -0.2) is 27.0 Å². The summed E-state index contributed by atoms with van der Waals surface area (Å²) in [5, 5.41) is 2.88. The number of ether oxygens (including phenoxy) is 1. The molecule has 1 saturated carbocycles. The minimum absolute atomic E-state index is 0.225. The Morgan fingerprint density at radius 3 is 2.96 bits per heavy atom. The van der Waals surface area contributed by atoms with E-state index in [-0.39, 0.29) is 5.91 Å². The second-order valence-corrected chi connectivity index (χ2v) is 5.83. The number of fused-ring (bicyclic) bond motifs is 1. The zero-order valence-corrected chi connectivity index (χ0v) is 13.4. The average molecular weight is 322 g/mol. The Kier molecular flexibility index (Phi) is 3.65. The Morgan fingerprint density at radius 2 is 2.17 bits per heavy atom. The van der Waals surface area contributed by atoms with E-state index in [0.29, 0.717) is 29.6 Å². The molecule has 24 heavy (non-hydrogen) atoms. The summed E-state index contributed by atoms with van der Waals surface area (Å²) in [6.45, 7) is 2.45. The number of anilines is 1. The fourth-order valence-electron chi connectivity index (χ4n) is 2.71. The molecule has 0 radical (unpaired) electrons. The molecule has 6 nitrogen and oxygen atoms in total. The first-order valence-electron chi connectivity index (χ1n) is 8.12. The van der Waals surface area contributed by atoms with E-state index < -0.39 is 0 Å². The first kappa shape index (κ1) is 14.7. The third-order valence-corrected chi connectivity index (χ3v) is 4.05. The number of pyridine rings is 1. The lowest BCUT2D eigenvalue weighted by Crippen LogP contribution is -2.13. The Labute approximate surface area is 139 Å². The molecule has 1 fully saturated rings. The lowest BCUT2D eigenvalue weighted by atomic mass is 10.2. The standard InChI is InChI=1S/C18H18N4O2/c1-2-24-16-6-4-3-5-14(16)21-18(23)12-9-15-17(19-10-12)22(11-20-15)13-7-8-13/h3-6,9-11,13H,2,7-8H2,1H3,(H,21,23). The van der Waals surface area contributed by atoms with Gasteiger partial charge in [0, 0.05) is 12.2 Å². The number of nitrogens with zero attached hydrogens (tertiary/aromatic N) is 3. The smallest absolute Gasteiger partial charge is 0.257 e. The van der Waals surface area contributed by atoms with E-state index >= 15 is 0 Å². The van der Waals surface area contributed by atoms with Gasteiger partial charge in [-0.3, -0.25) is 4.79 Å². The minimum Gasteiger partial charge on any atom is -0.492 e. The summed E-state index contributed by atoms with van der Waals surface area (Å²) in [7, 11) is 0. The molecule has 0 saturated heterocycles. The first-order chi connectivity index (χ1) is 11.8. The topological polar surface area (TPSA) is 69.0 Å². The highest BCUT2D eigenvalue weighted by Crippen LogP contribution is 2.36. The van der Waals surface area contributed by atoms with Crippen LogP contribution in [0.1, 0.15) is 36.2 Å². The lowest BCUT2D eigenvalue weighted by molar-refractivity contribution is 0.102. The Morgan fingerprint density at radius 1 is 1.33 bits per heavy atom. The van der Waals surface area contributed by atoms with Crippen LogP contribution in [0, 0.1) is 0 Å². The SMILES string of the molecule is CCOc1ccccc1NC(=O)c1cnc2c(c1)ncn2C1CC1. The molecule has 3 aromatic rings. The van der Waals surface area contributed by atoms with Crippen molar-refractivity contribution in [2.24, 2.45) is 0 Å². The van der Waals surface area contributed by atoms with Crippen LogP contribution in [0.3, 0.4) is 0 Å². The maximum absolute atomic E-state index is 12.5. The molecule has 1 N–H and O–H groups in total. The van der Waals surface area contributed by atoms with E-state index in [1.54, 1.807) is 18.6 Å². The lowest BCUT2D eigenvalue weighted by Gasteiger charge is -2.11. The number of imidazole rings is 1. The van der Waals surface area contributed by atoms with Crippen molar-refractivity contribution >= 4 is 22.8 Å². The molecule has 1 aliphatic rings. The van der Waals surface area contributed by atoms with Gasteiger partial charge < -0.3 is 14.6 Å². The molecule has 4 rings (SSSR count). The van der Waals surface area contributed by atoms with Crippen LogP contribution >= 0.6 is 0 Å². The van der Waals surface area contributed by atoms with Gasteiger partial charge in [0.25, 0.3) is 5.91 Å². The number of rotatable bonds is 5. The second-order valence-electron chi connectivity index (χ2n) is 5.83. The summed E-state index contributed by atoms with van der Waals surface area (Å²) in [5.74, 6) is 0.429. The third kappa shape index (κ3) is 2.71. The molecular formula is C18H18N4O2. The summed E-state index contributed by atoms with van der Waals surface area (Å²) in [6.07, 6.45) is 5.75. The number of para-hydroxylation sites is 2. The van der Waals surface area contributed by atoms with Gasteiger partial charge in [0.1, 0.15) is 11.3 Å². The molecule has 6 heteroatoms. The molecule has 0 atom stereocenters. The van der Waals surface area contributed by atoms with Crippen LogP contribution in [-0.2, 0) is 0 Å². The van der Waals surface area contributed by atoms with E-state index in [2.05, 4.69) is 19.9 Å². The number of carbonyl (C=O) groups is 1. The van der Waals surface area contributed by atoms with Crippen molar-refractivity contribution in [2.75, 3.05) is 11.9 Å². The first-order valence-corrected chi connectivity index (χ1v) is 8.12. The Hall–Kier alpha value is -2.89. The number of benzene rings is 1. The molecule has 0 spiro atoms. The minimum atomic E-state index is -0.225. The molecule has 1 aromatic carbocycles. The van der Waals surface area contributed by atoms with E-state index in [0.717, 1.165) is 11.2 Å². The average Bonchev–Trinajstić information content (AvgIpc) is 3.35. The highest BCUT2D eigenvalue weighted by Gasteiger charge is 2.25. The highest BCUT2D eigenvalue weighted by molar-refractivity contribution is 6.06. The van der Waals surface area contributed by atoms with Gasteiger partial charge in [-0.2, -0.15) is 0 Å². The van der Waals surface area contributed by atoms with Crippen LogP contribution in [0.2, 0.25) is 0 Å². The summed E-state index contributed by atoms with van der Waals surface area (Å²) in [6, 6.07) is 9.67. The van der Waals surface area contributed by atoms with Crippen LogP contribution < -0.4 is 10.1 Å². The largest absolute Gasteiger partial charge is 0.492 e. The van der Waals surface area contributed by atoms with Gasteiger partial charge in [0.15, 0.2) is 5.65 Å². The number of nitrogens with one attached hydrogen (secondary N) is 1. The Bertz CT molecular complexity index is 899. The quantitative estimate of drug-likeness (QED) is 0.781. The van der Waals surface area contributed by atoms with E-state index in [1.165, 1.54) is 12.8 Å². The van der Waals surface area contributed by atoms with Gasteiger partial charge in [-0.25, -0.2) is 9.97 Å². The number of hydrogen-bond acceptors (Lipinski definition) is 4. The number of amides is 1. The molecule has 0 bridgehead atoms.